The lowest BCUT2D eigenvalue weighted by Crippen LogP contribution is -2.35. The van der Waals surface area contributed by atoms with Crippen molar-refractivity contribution >= 4 is 29.3 Å². The van der Waals surface area contributed by atoms with Crippen LogP contribution in [-0.4, -0.2) is 32.8 Å². The minimum atomic E-state index is -0.0613. The van der Waals surface area contributed by atoms with E-state index in [1.807, 2.05) is 12.1 Å². The van der Waals surface area contributed by atoms with E-state index in [0.29, 0.717) is 27.4 Å². The van der Waals surface area contributed by atoms with Gasteiger partial charge in [0.1, 0.15) is 0 Å². The summed E-state index contributed by atoms with van der Waals surface area (Å²) >= 11 is 7.39. The number of pyridine rings is 1. The Morgan fingerprint density at radius 1 is 1.25 bits per heavy atom. The Labute approximate surface area is 170 Å². The maximum absolute atomic E-state index is 12.7. The fourth-order valence-corrected chi connectivity index (χ4v) is 3.77. The van der Waals surface area contributed by atoms with Crippen LogP contribution >= 0.6 is 23.4 Å². The molecule has 7 nitrogen and oxygen atoms in total. The van der Waals surface area contributed by atoms with E-state index >= 15 is 0 Å². The maximum atomic E-state index is 12.7. The van der Waals surface area contributed by atoms with E-state index in [-0.39, 0.29) is 24.2 Å². The summed E-state index contributed by atoms with van der Waals surface area (Å²) in [5.74, 6) is 0.802. The molecule has 9 heteroatoms. The normalized spacial score (nSPS) is 13.5. The lowest BCUT2D eigenvalue weighted by molar-refractivity contribution is -0.645. The molecule has 1 aliphatic carbocycles. The average Bonchev–Trinajstić information content (AvgIpc) is 3.44. The smallest absolute Gasteiger partial charge is 0.251 e. The molecule has 0 saturated heterocycles. The first-order valence-corrected chi connectivity index (χ1v) is 10.2. The van der Waals surface area contributed by atoms with Gasteiger partial charge < -0.3 is 14.5 Å². The molecule has 1 aliphatic rings. The van der Waals surface area contributed by atoms with Gasteiger partial charge >= 0.3 is 0 Å². The van der Waals surface area contributed by atoms with E-state index in [9.17, 15) is 10.0 Å². The van der Waals surface area contributed by atoms with Crippen molar-refractivity contribution in [2.75, 3.05) is 5.75 Å². The van der Waals surface area contributed by atoms with Crippen molar-refractivity contribution in [3.63, 3.8) is 0 Å². The molecule has 3 aromatic rings. The first-order valence-electron chi connectivity index (χ1n) is 8.79. The Balaban J connectivity index is 1.44. The molecule has 0 atom stereocenters. The second kappa shape index (κ2) is 8.20. The number of rotatable bonds is 7. The molecular weight excluding hydrogens is 400 g/mol. The van der Waals surface area contributed by atoms with Crippen LogP contribution in [0.25, 0.3) is 11.5 Å². The fourth-order valence-electron chi connectivity index (χ4n) is 2.76. The molecule has 0 bridgehead atoms. The van der Waals surface area contributed by atoms with E-state index < -0.39 is 0 Å². The van der Waals surface area contributed by atoms with Crippen LogP contribution in [0.4, 0.5) is 0 Å². The summed E-state index contributed by atoms with van der Waals surface area (Å²) in [5.41, 5.74) is 0.659. The highest BCUT2D eigenvalue weighted by molar-refractivity contribution is 7.99. The number of aromatic nitrogens is 3. The van der Waals surface area contributed by atoms with Crippen LogP contribution in [0.1, 0.15) is 18.7 Å². The van der Waals surface area contributed by atoms with Gasteiger partial charge in [-0.1, -0.05) is 23.7 Å². The topological polar surface area (TPSA) is 86.2 Å². The molecule has 1 amide bonds. The monoisotopic (exact) mass is 416 g/mol. The molecule has 1 fully saturated rings. The molecule has 0 unspecified atom stereocenters. The first kappa shape index (κ1) is 18.8. The molecular formula is C19H17ClN4O3S. The quantitative estimate of drug-likeness (QED) is 0.333. The van der Waals surface area contributed by atoms with Crippen LogP contribution < -0.4 is 4.73 Å². The molecule has 1 saturated carbocycles. The molecule has 0 aliphatic heterocycles. The van der Waals surface area contributed by atoms with Gasteiger partial charge in [0, 0.05) is 18.2 Å². The Morgan fingerprint density at radius 3 is 2.79 bits per heavy atom. The van der Waals surface area contributed by atoms with Crippen LogP contribution in [0.15, 0.2) is 58.1 Å². The number of hydrogen-bond acceptors (Lipinski definition) is 6. The van der Waals surface area contributed by atoms with Gasteiger partial charge in [-0.3, -0.25) is 4.79 Å². The number of amides is 1. The van der Waals surface area contributed by atoms with Crippen molar-refractivity contribution in [1.82, 2.24) is 15.1 Å². The third-order valence-electron chi connectivity index (χ3n) is 4.32. The van der Waals surface area contributed by atoms with Crippen molar-refractivity contribution in [2.24, 2.45) is 0 Å². The van der Waals surface area contributed by atoms with Crippen molar-refractivity contribution in [2.45, 2.75) is 30.5 Å². The Bertz CT molecular complexity index is 993. The lowest BCUT2D eigenvalue weighted by atomic mass is 10.2. The molecule has 0 radical (unpaired) electrons. The second-order valence-corrected chi connectivity index (χ2v) is 7.79. The van der Waals surface area contributed by atoms with Crippen LogP contribution in [0, 0.1) is 5.21 Å². The van der Waals surface area contributed by atoms with Gasteiger partial charge in [0.05, 0.1) is 22.9 Å². The van der Waals surface area contributed by atoms with Gasteiger partial charge in [-0.05, 0) is 42.8 Å². The third kappa shape index (κ3) is 4.28. The van der Waals surface area contributed by atoms with E-state index in [1.54, 1.807) is 35.2 Å². The van der Waals surface area contributed by atoms with Gasteiger partial charge in [0.2, 0.25) is 17.7 Å². The minimum Gasteiger partial charge on any atom is -0.618 e. The number of halogens is 1. The van der Waals surface area contributed by atoms with Gasteiger partial charge in [0.25, 0.3) is 5.03 Å². The highest BCUT2D eigenvalue weighted by Gasteiger charge is 2.34. The molecule has 0 spiro atoms. The number of carbonyl (C=O) groups is 1. The standard InChI is InChI=1S/C19H17ClN4O3S/c20-15-6-2-1-5-14(15)19-22-21-16(27-19)11-23(13-8-9-13)17(25)12-28-18-7-3-4-10-24(18)26/h1-7,10,13H,8-9,11-12H2. The zero-order chi connectivity index (χ0) is 19.5. The lowest BCUT2D eigenvalue weighted by Gasteiger charge is -2.20. The zero-order valence-electron chi connectivity index (χ0n) is 14.8. The van der Waals surface area contributed by atoms with E-state index in [0.717, 1.165) is 17.6 Å². The van der Waals surface area contributed by atoms with Gasteiger partial charge in [-0.25, -0.2) is 0 Å². The van der Waals surface area contributed by atoms with Crippen molar-refractivity contribution in [3.05, 3.63) is 64.8 Å². The van der Waals surface area contributed by atoms with Gasteiger partial charge in [-0.15, -0.1) is 10.2 Å². The van der Waals surface area contributed by atoms with Gasteiger partial charge in [-0.2, -0.15) is 4.73 Å². The van der Waals surface area contributed by atoms with Crippen molar-refractivity contribution < 1.29 is 13.9 Å². The number of benzene rings is 1. The summed E-state index contributed by atoms with van der Waals surface area (Å²) in [6, 6.07) is 12.5. The van der Waals surface area contributed by atoms with Crippen LogP contribution in [-0.2, 0) is 11.3 Å². The first-order chi connectivity index (χ1) is 13.6. The van der Waals surface area contributed by atoms with Gasteiger partial charge in [0.15, 0.2) is 6.20 Å². The number of thioether (sulfide) groups is 1. The highest BCUT2D eigenvalue weighted by Crippen LogP contribution is 2.31. The predicted molar refractivity (Wildman–Crippen MR) is 104 cm³/mol. The Kier molecular flexibility index (Phi) is 5.50. The Hall–Kier alpha value is -2.58. The van der Waals surface area contributed by atoms with Crippen molar-refractivity contribution in [3.8, 4) is 11.5 Å². The largest absolute Gasteiger partial charge is 0.618 e. The van der Waals surface area contributed by atoms with E-state index in [2.05, 4.69) is 10.2 Å². The average molecular weight is 417 g/mol. The summed E-state index contributed by atoms with van der Waals surface area (Å²) in [6.07, 6.45) is 3.32. The second-order valence-electron chi connectivity index (χ2n) is 6.39. The Morgan fingerprint density at radius 2 is 2.04 bits per heavy atom. The SMILES string of the molecule is O=C(CSc1cccc[n+]1[O-])N(Cc1nnc(-c2ccccc2Cl)o1)C1CC1. The highest BCUT2D eigenvalue weighted by atomic mass is 35.5. The fraction of sp³-hybridized carbons (Fsp3) is 0.263. The summed E-state index contributed by atoms with van der Waals surface area (Å²) in [5, 5.41) is 20.9. The molecule has 4 rings (SSSR count). The molecule has 28 heavy (non-hydrogen) atoms. The van der Waals surface area contributed by atoms with E-state index in [4.69, 9.17) is 16.0 Å². The van der Waals surface area contributed by atoms with Crippen LogP contribution in [0.3, 0.4) is 0 Å². The number of nitrogens with zero attached hydrogens (tertiary/aromatic N) is 4. The van der Waals surface area contributed by atoms with Crippen LogP contribution in [0.2, 0.25) is 5.02 Å². The molecule has 2 aromatic heterocycles. The summed E-state index contributed by atoms with van der Waals surface area (Å²) < 4.78 is 6.49. The molecule has 2 heterocycles. The van der Waals surface area contributed by atoms with E-state index in [1.165, 1.54) is 18.0 Å². The van der Waals surface area contributed by atoms with Crippen molar-refractivity contribution in [1.29, 1.82) is 0 Å². The summed E-state index contributed by atoms with van der Waals surface area (Å²) in [7, 11) is 0. The number of carbonyl (C=O) groups excluding carboxylic acids is 1. The molecule has 144 valence electrons. The predicted octanol–water partition coefficient (Wildman–Crippen LogP) is 3.31. The number of hydrogen-bond donors (Lipinski definition) is 0. The minimum absolute atomic E-state index is 0.0613. The molecule has 1 aromatic carbocycles. The van der Waals surface area contributed by atoms with Crippen LogP contribution in [0.5, 0.6) is 0 Å². The third-order valence-corrected chi connectivity index (χ3v) is 5.65. The zero-order valence-corrected chi connectivity index (χ0v) is 16.4. The summed E-state index contributed by atoms with van der Waals surface area (Å²) in [6.45, 7) is 0.244. The summed E-state index contributed by atoms with van der Waals surface area (Å²) in [4.78, 5) is 14.5. The molecule has 0 N–H and O–H groups in total. The maximum Gasteiger partial charge on any atom is 0.251 e.